The van der Waals surface area contributed by atoms with Gasteiger partial charge in [0.1, 0.15) is 5.75 Å². The molecule has 0 radical (unpaired) electrons. The molecule has 0 bridgehead atoms. The number of phenols is 1. The highest BCUT2D eigenvalue weighted by Crippen LogP contribution is 2.24. The summed E-state index contributed by atoms with van der Waals surface area (Å²) in [6.45, 7) is 3.58. The first-order chi connectivity index (χ1) is 9.11. The second-order valence-electron chi connectivity index (χ2n) is 4.52. The van der Waals surface area contributed by atoms with Gasteiger partial charge in [-0.1, -0.05) is 11.6 Å². The van der Waals surface area contributed by atoms with Gasteiger partial charge in [-0.15, -0.1) is 0 Å². The Balaban J connectivity index is 1.99. The predicted octanol–water partition coefficient (Wildman–Crippen LogP) is 0.796. The van der Waals surface area contributed by atoms with E-state index in [9.17, 15) is 9.90 Å². The Bertz CT molecular complexity index is 459. The largest absolute Gasteiger partial charge is 0.506 e. The molecule has 1 heterocycles. The standard InChI is InChI=1S/C13H17ClN2O3/c14-11-9-10(1-2-12(11)18)13(19)16-5-3-15(4-6-16)7-8-17/h1-2,9,17-18H,3-8H2. The fraction of sp³-hybridized carbons (Fsp3) is 0.462. The highest BCUT2D eigenvalue weighted by atomic mass is 35.5. The molecule has 2 N–H and O–H groups in total. The van der Waals surface area contributed by atoms with Gasteiger partial charge in [0.25, 0.3) is 5.91 Å². The minimum atomic E-state index is -0.0782. The summed E-state index contributed by atoms with van der Waals surface area (Å²) < 4.78 is 0. The van der Waals surface area contributed by atoms with Crippen molar-refractivity contribution in [3.8, 4) is 5.75 Å². The Hall–Kier alpha value is -1.30. The topological polar surface area (TPSA) is 64.0 Å². The molecule has 1 aliphatic rings. The number of nitrogens with zero attached hydrogens (tertiary/aromatic N) is 2. The third kappa shape index (κ3) is 3.37. The van der Waals surface area contributed by atoms with Gasteiger partial charge in [0.05, 0.1) is 11.6 Å². The van der Waals surface area contributed by atoms with E-state index >= 15 is 0 Å². The van der Waals surface area contributed by atoms with Crippen LogP contribution in [0.3, 0.4) is 0 Å². The lowest BCUT2D eigenvalue weighted by Gasteiger charge is -2.34. The molecule has 1 fully saturated rings. The molecule has 1 amide bonds. The number of hydrogen-bond donors (Lipinski definition) is 2. The van der Waals surface area contributed by atoms with Crippen molar-refractivity contribution < 1.29 is 15.0 Å². The number of rotatable bonds is 3. The fourth-order valence-corrected chi connectivity index (χ4v) is 2.32. The molecule has 104 valence electrons. The Morgan fingerprint density at radius 2 is 1.95 bits per heavy atom. The second kappa shape index (κ2) is 6.23. The Morgan fingerprint density at radius 3 is 2.53 bits per heavy atom. The van der Waals surface area contributed by atoms with Crippen LogP contribution in [-0.2, 0) is 0 Å². The number of benzene rings is 1. The van der Waals surface area contributed by atoms with Crippen molar-refractivity contribution >= 4 is 17.5 Å². The summed E-state index contributed by atoms with van der Waals surface area (Å²) in [7, 11) is 0. The van der Waals surface area contributed by atoms with Crippen LogP contribution >= 0.6 is 11.6 Å². The van der Waals surface area contributed by atoms with E-state index in [2.05, 4.69) is 4.90 Å². The Morgan fingerprint density at radius 1 is 1.26 bits per heavy atom. The zero-order valence-electron chi connectivity index (χ0n) is 10.5. The summed E-state index contributed by atoms with van der Waals surface area (Å²) in [5.74, 6) is -0.100. The number of aromatic hydroxyl groups is 1. The summed E-state index contributed by atoms with van der Waals surface area (Å²) in [6.07, 6.45) is 0. The van der Waals surface area contributed by atoms with Crippen molar-refractivity contribution in [3.05, 3.63) is 28.8 Å². The molecule has 0 unspecified atom stereocenters. The number of hydrogen-bond acceptors (Lipinski definition) is 4. The normalized spacial score (nSPS) is 16.6. The average molecular weight is 285 g/mol. The monoisotopic (exact) mass is 284 g/mol. The third-order valence-corrected chi connectivity index (χ3v) is 3.57. The number of β-amino-alcohol motifs (C(OH)–C–C–N with tert-alkyl or cyclic N) is 1. The van der Waals surface area contributed by atoms with E-state index in [4.69, 9.17) is 16.7 Å². The molecule has 19 heavy (non-hydrogen) atoms. The van der Waals surface area contributed by atoms with Gasteiger partial charge in [-0.05, 0) is 18.2 Å². The first-order valence-electron chi connectivity index (χ1n) is 6.23. The van der Waals surface area contributed by atoms with Crippen molar-refractivity contribution in [2.24, 2.45) is 0 Å². The number of amides is 1. The first kappa shape index (κ1) is 14.1. The van der Waals surface area contributed by atoms with Crippen molar-refractivity contribution in [1.29, 1.82) is 0 Å². The molecule has 1 aromatic carbocycles. The van der Waals surface area contributed by atoms with Gasteiger partial charge < -0.3 is 15.1 Å². The summed E-state index contributed by atoms with van der Waals surface area (Å²) in [5, 5.41) is 18.4. The second-order valence-corrected chi connectivity index (χ2v) is 4.93. The number of carbonyl (C=O) groups excluding carboxylic acids is 1. The number of aliphatic hydroxyl groups is 1. The Kier molecular flexibility index (Phi) is 4.63. The number of halogens is 1. The maximum atomic E-state index is 12.2. The predicted molar refractivity (Wildman–Crippen MR) is 72.5 cm³/mol. The SMILES string of the molecule is O=C(c1ccc(O)c(Cl)c1)N1CCN(CCO)CC1. The zero-order chi connectivity index (χ0) is 13.8. The zero-order valence-corrected chi connectivity index (χ0v) is 11.3. The molecular formula is C13H17ClN2O3. The van der Waals surface area contributed by atoms with Gasteiger partial charge in [-0.25, -0.2) is 0 Å². The lowest BCUT2D eigenvalue weighted by atomic mass is 10.1. The number of phenolic OH excluding ortho intramolecular Hbond substituents is 1. The highest BCUT2D eigenvalue weighted by molar-refractivity contribution is 6.32. The molecule has 0 aromatic heterocycles. The number of aliphatic hydroxyl groups excluding tert-OH is 1. The van der Waals surface area contributed by atoms with E-state index < -0.39 is 0 Å². The van der Waals surface area contributed by atoms with Crippen LogP contribution in [0.15, 0.2) is 18.2 Å². The van der Waals surface area contributed by atoms with Crippen LogP contribution in [0.5, 0.6) is 5.75 Å². The molecule has 1 aliphatic heterocycles. The number of carbonyl (C=O) groups is 1. The van der Waals surface area contributed by atoms with E-state index in [0.717, 1.165) is 13.1 Å². The molecule has 1 aromatic rings. The van der Waals surface area contributed by atoms with Gasteiger partial charge in [-0.2, -0.15) is 0 Å². The van der Waals surface area contributed by atoms with Gasteiger partial charge in [0.2, 0.25) is 0 Å². The molecule has 6 heteroatoms. The Labute approximate surface area is 117 Å². The molecule has 1 saturated heterocycles. The summed E-state index contributed by atoms with van der Waals surface area (Å²) in [4.78, 5) is 16.1. The van der Waals surface area contributed by atoms with E-state index in [-0.39, 0.29) is 23.3 Å². The van der Waals surface area contributed by atoms with E-state index in [0.29, 0.717) is 25.2 Å². The molecule has 0 atom stereocenters. The molecule has 2 rings (SSSR count). The van der Waals surface area contributed by atoms with E-state index in [1.165, 1.54) is 12.1 Å². The quantitative estimate of drug-likeness (QED) is 0.862. The van der Waals surface area contributed by atoms with Crippen LogP contribution in [0.2, 0.25) is 5.02 Å². The molecule has 0 saturated carbocycles. The number of piperazine rings is 1. The smallest absolute Gasteiger partial charge is 0.253 e. The van der Waals surface area contributed by atoms with Crippen LogP contribution in [-0.4, -0.2) is 65.3 Å². The van der Waals surface area contributed by atoms with E-state index in [1.807, 2.05) is 0 Å². The van der Waals surface area contributed by atoms with Crippen LogP contribution in [0.1, 0.15) is 10.4 Å². The maximum absolute atomic E-state index is 12.2. The van der Waals surface area contributed by atoms with Crippen LogP contribution in [0, 0.1) is 0 Å². The maximum Gasteiger partial charge on any atom is 0.253 e. The van der Waals surface area contributed by atoms with Crippen molar-refractivity contribution in [2.75, 3.05) is 39.3 Å². The van der Waals surface area contributed by atoms with Crippen LogP contribution in [0.25, 0.3) is 0 Å². The molecule has 0 aliphatic carbocycles. The van der Waals surface area contributed by atoms with Gasteiger partial charge in [0, 0.05) is 38.3 Å². The van der Waals surface area contributed by atoms with Gasteiger partial charge >= 0.3 is 0 Å². The summed E-state index contributed by atoms with van der Waals surface area (Å²) in [6, 6.07) is 4.49. The third-order valence-electron chi connectivity index (χ3n) is 3.27. The lowest BCUT2D eigenvalue weighted by Crippen LogP contribution is -2.49. The highest BCUT2D eigenvalue weighted by Gasteiger charge is 2.22. The fourth-order valence-electron chi connectivity index (χ4n) is 2.14. The van der Waals surface area contributed by atoms with E-state index in [1.54, 1.807) is 11.0 Å². The summed E-state index contributed by atoms with van der Waals surface area (Å²) in [5.41, 5.74) is 0.485. The van der Waals surface area contributed by atoms with Crippen LogP contribution < -0.4 is 0 Å². The minimum absolute atomic E-state index is 0.0222. The average Bonchev–Trinajstić information content (AvgIpc) is 2.42. The van der Waals surface area contributed by atoms with Gasteiger partial charge in [-0.3, -0.25) is 9.69 Å². The van der Waals surface area contributed by atoms with Gasteiger partial charge in [0.15, 0.2) is 0 Å². The molecule has 5 nitrogen and oxygen atoms in total. The van der Waals surface area contributed by atoms with Crippen LogP contribution in [0.4, 0.5) is 0 Å². The lowest BCUT2D eigenvalue weighted by molar-refractivity contribution is 0.0615. The first-order valence-corrected chi connectivity index (χ1v) is 6.60. The van der Waals surface area contributed by atoms with Crippen molar-refractivity contribution in [1.82, 2.24) is 9.80 Å². The molecular weight excluding hydrogens is 268 g/mol. The van der Waals surface area contributed by atoms with Crippen molar-refractivity contribution in [2.45, 2.75) is 0 Å². The summed E-state index contributed by atoms with van der Waals surface area (Å²) >= 11 is 5.80. The molecule has 0 spiro atoms. The minimum Gasteiger partial charge on any atom is -0.506 e. The van der Waals surface area contributed by atoms with Crippen molar-refractivity contribution in [3.63, 3.8) is 0 Å².